The lowest BCUT2D eigenvalue weighted by molar-refractivity contribution is -0.139. The summed E-state index contributed by atoms with van der Waals surface area (Å²) in [5.74, 6) is 1.16. The number of carbonyl (C=O) groups is 2. The van der Waals surface area contributed by atoms with Gasteiger partial charge in [-0.2, -0.15) is 0 Å². The third-order valence-electron chi connectivity index (χ3n) is 4.84. The number of para-hydroxylation sites is 1. The molecule has 1 aromatic carbocycles. The molecule has 1 atom stereocenters. The first-order valence-corrected chi connectivity index (χ1v) is 8.86. The van der Waals surface area contributed by atoms with Gasteiger partial charge in [0.1, 0.15) is 0 Å². The molecule has 0 aromatic heterocycles. The van der Waals surface area contributed by atoms with Crippen molar-refractivity contribution in [3.63, 3.8) is 0 Å². The average Bonchev–Trinajstić information content (AvgIpc) is 2.63. The molecular weight excluding hydrogens is 334 g/mol. The fourth-order valence-electron chi connectivity index (χ4n) is 3.07. The Labute approximate surface area is 155 Å². The molecule has 1 fully saturated rings. The molecule has 7 nitrogen and oxygen atoms in total. The molecule has 0 spiro atoms. The molecule has 1 heterocycles. The molecule has 1 aliphatic rings. The summed E-state index contributed by atoms with van der Waals surface area (Å²) >= 11 is 0. The SMILES string of the molecule is COc1cccc(CN2CCNC(=O)[C@H]2CC(=O)N(C)C(C)C)c1OC. The van der Waals surface area contributed by atoms with E-state index in [1.54, 1.807) is 26.2 Å². The Morgan fingerprint density at radius 3 is 2.69 bits per heavy atom. The molecule has 0 aliphatic carbocycles. The van der Waals surface area contributed by atoms with Gasteiger partial charge in [0.25, 0.3) is 0 Å². The molecule has 0 bridgehead atoms. The van der Waals surface area contributed by atoms with Gasteiger partial charge in [0.15, 0.2) is 11.5 Å². The zero-order chi connectivity index (χ0) is 19.3. The van der Waals surface area contributed by atoms with Crippen molar-refractivity contribution in [3.8, 4) is 11.5 Å². The average molecular weight is 363 g/mol. The van der Waals surface area contributed by atoms with Gasteiger partial charge in [0.05, 0.1) is 26.7 Å². The van der Waals surface area contributed by atoms with Crippen LogP contribution in [0, 0.1) is 0 Å². The molecule has 2 amide bonds. The highest BCUT2D eigenvalue weighted by Crippen LogP contribution is 2.32. The molecule has 1 N–H and O–H groups in total. The van der Waals surface area contributed by atoms with Crippen molar-refractivity contribution in [1.82, 2.24) is 15.1 Å². The Hall–Kier alpha value is -2.28. The van der Waals surface area contributed by atoms with Crippen LogP contribution in [0.15, 0.2) is 18.2 Å². The first kappa shape index (κ1) is 20.0. The van der Waals surface area contributed by atoms with Crippen molar-refractivity contribution >= 4 is 11.8 Å². The summed E-state index contributed by atoms with van der Waals surface area (Å²) in [5.41, 5.74) is 0.927. The molecule has 144 valence electrons. The lowest BCUT2D eigenvalue weighted by atomic mass is 10.1. The van der Waals surface area contributed by atoms with Crippen molar-refractivity contribution in [2.24, 2.45) is 0 Å². The summed E-state index contributed by atoms with van der Waals surface area (Å²) < 4.78 is 10.8. The molecule has 0 unspecified atom stereocenters. The first-order valence-electron chi connectivity index (χ1n) is 8.86. The van der Waals surface area contributed by atoms with E-state index in [1.807, 2.05) is 36.9 Å². The third kappa shape index (κ3) is 4.46. The number of hydrogen-bond donors (Lipinski definition) is 1. The number of methoxy groups -OCH3 is 2. The highest BCUT2D eigenvalue weighted by molar-refractivity contribution is 5.88. The Kier molecular flexibility index (Phi) is 6.85. The van der Waals surface area contributed by atoms with Crippen LogP contribution in [0.1, 0.15) is 25.8 Å². The van der Waals surface area contributed by atoms with Gasteiger partial charge in [0.2, 0.25) is 11.8 Å². The molecule has 1 aliphatic heterocycles. The van der Waals surface area contributed by atoms with E-state index < -0.39 is 6.04 Å². The predicted molar refractivity (Wildman–Crippen MR) is 99.3 cm³/mol. The van der Waals surface area contributed by atoms with Crippen molar-refractivity contribution in [3.05, 3.63) is 23.8 Å². The van der Waals surface area contributed by atoms with E-state index in [2.05, 4.69) is 5.32 Å². The second-order valence-electron chi connectivity index (χ2n) is 6.73. The minimum absolute atomic E-state index is 0.0374. The minimum Gasteiger partial charge on any atom is -0.493 e. The lowest BCUT2D eigenvalue weighted by Gasteiger charge is -2.36. The fourth-order valence-corrected chi connectivity index (χ4v) is 3.07. The minimum atomic E-state index is -0.492. The van der Waals surface area contributed by atoms with E-state index in [9.17, 15) is 9.59 Å². The van der Waals surface area contributed by atoms with Gasteiger partial charge in [-0.1, -0.05) is 12.1 Å². The van der Waals surface area contributed by atoms with Crippen LogP contribution in [0.4, 0.5) is 0 Å². The summed E-state index contributed by atoms with van der Waals surface area (Å²) in [6, 6.07) is 5.29. The van der Waals surface area contributed by atoms with E-state index in [0.717, 1.165) is 5.56 Å². The van der Waals surface area contributed by atoms with E-state index in [4.69, 9.17) is 9.47 Å². The second kappa shape index (κ2) is 8.89. The third-order valence-corrected chi connectivity index (χ3v) is 4.84. The predicted octanol–water partition coefficient (Wildman–Crippen LogP) is 1.26. The van der Waals surface area contributed by atoms with Crippen LogP contribution < -0.4 is 14.8 Å². The van der Waals surface area contributed by atoms with Gasteiger partial charge in [-0.3, -0.25) is 14.5 Å². The van der Waals surface area contributed by atoms with Crippen molar-refractivity contribution < 1.29 is 19.1 Å². The van der Waals surface area contributed by atoms with Crippen LogP contribution >= 0.6 is 0 Å². The number of nitrogens with zero attached hydrogens (tertiary/aromatic N) is 2. The molecule has 7 heteroatoms. The maximum absolute atomic E-state index is 12.5. The maximum atomic E-state index is 12.5. The van der Waals surface area contributed by atoms with Crippen molar-refractivity contribution in [2.75, 3.05) is 34.4 Å². The summed E-state index contributed by atoms with van der Waals surface area (Å²) in [6.07, 6.45) is 0.160. The van der Waals surface area contributed by atoms with E-state index in [1.165, 1.54) is 0 Å². The maximum Gasteiger partial charge on any atom is 0.237 e. The Balaban J connectivity index is 2.21. The van der Waals surface area contributed by atoms with E-state index in [-0.39, 0.29) is 24.3 Å². The normalized spacial score (nSPS) is 17.8. The zero-order valence-corrected chi connectivity index (χ0v) is 16.2. The van der Waals surface area contributed by atoms with Crippen LogP contribution in [0.5, 0.6) is 11.5 Å². The standard InChI is InChI=1S/C19H29N3O4/c1-13(2)21(3)17(23)11-15-19(24)20-9-10-22(15)12-14-7-6-8-16(25-4)18(14)26-5/h6-8,13,15H,9-12H2,1-5H3,(H,20,24)/t15-/m1/s1. The van der Waals surface area contributed by atoms with Crippen LogP contribution in [0.2, 0.25) is 0 Å². The Bertz CT molecular complexity index is 648. The number of hydrogen-bond acceptors (Lipinski definition) is 5. The number of ether oxygens (including phenoxy) is 2. The van der Waals surface area contributed by atoms with Crippen LogP contribution in [0.25, 0.3) is 0 Å². The zero-order valence-electron chi connectivity index (χ0n) is 16.2. The first-order chi connectivity index (χ1) is 12.4. The topological polar surface area (TPSA) is 71.1 Å². The highest BCUT2D eigenvalue weighted by atomic mass is 16.5. The highest BCUT2D eigenvalue weighted by Gasteiger charge is 2.33. The van der Waals surface area contributed by atoms with Gasteiger partial charge < -0.3 is 19.7 Å². The number of nitrogens with one attached hydrogen (secondary N) is 1. The molecule has 0 saturated carbocycles. The second-order valence-corrected chi connectivity index (χ2v) is 6.73. The van der Waals surface area contributed by atoms with Crippen LogP contribution in [-0.2, 0) is 16.1 Å². The monoisotopic (exact) mass is 363 g/mol. The number of amides is 2. The molecule has 1 aromatic rings. The van der Waals surface area contributed by atoms with E-state index >= 15 is 0 Å². The molecular formula is C19H29N3O4. The quantitative estimate of drug-likeness (QED) is 0.790. The molecule has 26 heavy (non-hydrogen) atoms. The number of benzene rings is 1. The summed E-state index contributed by atoms with van der Waals surface area (Å²) in [7, 11) is 4.96. The van der Waals surface area contributed by atoms with E-state index in [0.29, 0.717) is 31.1 Å². The van der Waals surface area contributed by atoms with Crippen LogP contribution in [0.3, 0.4) is 0 Å². The van der Waals surface area contributed by atoms with Gasteiger partial charge in [0, 0.05) is 38.3 Å². The van der Waals surface area contributed by atoms with Crippen molar-refractivity contribution in [1.29, 1.82) is 0 Å². The van der Waals surface area contributed by atoms with Crippen molar-refractivity contribution in [2.45, 2.75) is 38.9 Å². The molecule has 1 saturated heterocycles. The summed E-state index contributed by atoms with van der Waals surface area (Å²) in [6.45, 7) is 5.66. The number of piperazine rings is 1. The van der Waals surface area contributed by atoms with Gasteiger partial charge in [-0.15, -0.1) is 0 Å². The largest absolute Gasteiger partial charge is 0.493 e. The summed E-state index contributed by atoms with van der Waals surface area (Å²) in [5, 5.41) is 2.87. The van der Waals surface area contributed by atoms with Crippen LogP contribution in [-0.4, -0.2) is 68.1 Å². The van der Waals surface area contributed by atoms with Gasteiger partial charge >= 0.3 is 0 Å². The number of rotatable bonds is 7. The molecule has 0 radical (unpaired) electrons. The Morgan fingerprint density at radius 2 is 2.08 bits per heavy atom. The number of carbonyl (C=O) groups excluding carboxylic acids is 2. The van der Waals surface area contributed by atoms with Gasteiger partial charge in [-0.25, -0.2) is 0 Å². The summed E-state index contributed by atoms with van der Waals surface area (Å²) in [4.78, 5) is 28.6. The fraction of sp³-hybridized carbons (Fsp3) is 0.579. The Morgan fingerprint density at radius 1 is 1.35 bits per heavy atom. The van der Waals surface area contributed by atoms with Gasteiger partial charge in [-0.05, 0) is 19.9 Å². The lowest BCUT2D eigenvalue weighted by Crippen LogP contribution is -2.56. The smallest absolute Gasteiger partial charge is 0.237 e. The molecule has 2 rings (SSSR count).